The third-order valence-electron chi connectivity index (χ3n) is 3.37. The molecule has 1 aliphatic carbocycles. The molecule has 0 aromatic heterocycles. The van der Waals surface area contributed by atoms with Crippen molar-refractivity contribution in [2.45, 2.75) is 62.2 Å². The minimum atomic E-state index is 0.125. The fourth-order valence-electron chi connectivity index (χ4n) is 2.18. The van der Waals surface area contributed by atoms with Gasteiger partial charge in [-0.15, -0.1) is 35.2 Å². The molecule has 0 aliphatic heterocycles. The Balaban J connectivity index is 3.02. The smallest absolute Gasteiger partial charge is 0.0976 e. The van der Waals surface area contributed by atoms with Crippen LogP contribution < -0.4 is 0 Å². The van der Waals surface area contributed by atoms with Crippen LogP contribution in [0.5, 0.6) is 0 Å². The maximum atomic E-state index is 4.51. The highest BCUT2D eigenvalue weighted by Gasteiger charge is 2.42. The predicted molar refractivity (Wildman–Crippen MR) is 125 cm³/mol. The fraction of sp³-hybridized carbons (Fsp3) is 0.647. The number of thioether (sulfide) groups is 3. The summed E-state index contributed by atoms with van der Waals surface area (Å²) in [6.07, 6.45) is 10.3. The first kappa shape index (κ1) is 22.4. The first-order chi connectivity index (χ1) is 11.1. The molecule has 0 aromatic carbocycles. The minimum absolute atomic E-state index is 0.125. The van der Waals surface area contributed by atoms with E-state index in [4.69, 9.17) is 0 Å². The zero-order chi connectivity index (χ0) is 17.1. The molecule has 0 aromatic rings. The Hall–Kier alpha value is 1.32. The topological polar surface area (TPSA) is 0 Å². The summed E-state index contributed by atoms with van der Waals surface area (Å²) >= 11 is 15.0. The Morgan fingerprint density at radius 3 is 2.65 bits per heavy atom. The molecule has 0 spiro atoms. The number of rotatable bonds is 11. The molecule has 0 N–H and O–H groups in total. The van der Waals surface area contributed by atoms with Crippen LogP contribution in [0.3, 0.4) is 0 Å². The standard InChI is InChI=1S/C17H28S6/c1-4-6-8-11-20-16-15(23-19)9-10-17(16,21-12-7-5-2)22-14(3)13-18/h7-8,11-12,14,18-19H,4-6,9-10,13H2,1-3H3. The lowest BCUT2D eigenvalue weighted by molar-refractivity contribution is 0.886. The van der Waals surface area contributed by atoms with Crippen LogP contribution in [0, 0.1) is 0 Å². The number of hydrogen-bond donors (Lipinski definition) is 2. The Kier molecular flexibility index (Phi) is 12.3. The highest BCUT2D eigenvalue weighted by Crippen LogP contribution is 2.60. The molecule has 0 saturated carbocycles. The van der Waals surface area contributed by atoms with Crippen LogP contribution in [-0.4, -0.2) is 15.1 Å². The fourth-order valence-corrected chi connectivity index (χ4v) is 8.46. The van der Waals surface area contributed by atoms with Gasteiger partial charge in [0, 0.05) is 20.8 Å². The highest BCUT2D eigenvalue weighted by molar-refractivity contribution is 8.70. The lowest BCUT2D eigenvalue weighted by Crippen LogP contribution is -2.21. The molecule has 2 unspecified atom stereocenters. The van der Waals surface area contributed by atoms with Crippen molar-refractivity contribution in [3.8, 4) is 0 Å². The second kappa shape index (κ2) is 12.6. The lowest BCUT2D eigenvalue weighted by atomic mass is 10.3. The van der Waals surface area contributed by atoms with Gasteiger partial charge in [-0.2, -0.15) is 12.6 Å². The van der Waals surface area contributed by atoms with Gasteiger partial charge in [-0.25, -0.2) is 0 Å². The molecule has 0 nitrogen and oxygen atoms in total. The van der Waals surface area contributed by atoms with Gasteiger partial charge in [0.1, 0.15) is 0 Å². The molecule has 1 aliphatic rings. The zero-order valence-corrected chi connectivity index (χ0v) is 19.2. The second-order valence-electron chi connectivity index (χ2n) is 5.38. The quantitative estimate of drug-likeness (QED) is 0.196. The van der Waals surface area contributed by atoms with E-state index in [2.05, 4.69) is 79.8 Å². The highest BCUT2D eigenvalue weighted by atomic mass is 33.1. The average molecular weight is 425 g/mol. The van der Waals surface area contributed by atoms with Gasteiger partial charge in [0.05, 0.1) is 4.08 Å². The van der Waals surface area contributed by atoms with Crippen molar-refractivity contribution in [3.05, 3.63) is 32.8 Å². The van der Waals surface area contributed by atoms with Gasteiger partial charge in [-0.1, -0.05) is 61.9 Å². The van der Waals surface area contributed by atoms with Crippen LogP contribution in [0.2, 0.25) is 0 Å². The second-order valence-corrected chi connectivity index (χ2v) is 11.1. The maximum absolute atomic E-state index is 4.51. The van der Waals surface area contributed by atoms with Crippen molar-refractivity contribution < 1.29 is 0 Å². The summed E-state index contributed by atoms with van der Waals surface area (Å²) < 4.78 is 0.125. The van der Waals surface area contributed by atoms with Crippen molar-refractivity contribution in [2.24, 2.45) is 0 Å². The molecular weight excluding hydrogens is 397 g/mol. The molecule has 6 heteroatoms. The largest absolute Gasteiger partial charge is 0.178 e. The van der Waals surface area contributed by atoms with Crippen LogP contribution in [0.25, 0.3) is 0 Å². The SMILES string of the molecule is CCC=CSC1(SC(C)CS)CCC(SS)=C1SC=CCCC. The van der Waals surface area contributed by atoms with Crippen LogP contribution in [0.1, 0.15) is 52.9 Å². The molecule has 0 bridgehead atoms. The third kappa shape index (κ3) is 7.22. The van der Waals surface area contributed by atoms with Gasteiger partial charge in [0.25, 0.3) is 0 Å². The number of allylic oxidation sites excluding steroid dienone is 3. The van der Waals surface area contributed by atoms with Gasteiger partial charge in [-0.05, 0) is 36.5 Å². The average Bonchev–Trinajstić information content (AvgIpc) is 2.89. The summed E-state index contributed by atoms with van der Waals surface area (Å²) in [6.45, 7) is 6.69. The van der Waals surface area contributed by atoms with Gasteiger partial charge >= 0.3 is 0 Å². The molecule has 0 radical (unpaired) electrons. The van der Waals surface area contributed by atoms with E-state index in [0.29, 0.717) is 5.25 Å². The predicted octanol–water partition coefficient (Wildman–Crippen LogP) is 8.02. The molecule has 0 fully saturated rings. The Bertz CT molecular complexity index is 429. The van der Waals surface area contributed by atoms with Gasteiger partial charge < -0.3 is 0 Å². The molecular formula is C17H28S6. The van der Waals surface area contributed by atoms with Crippen molar-refractivity contribution in [1.29, 1.82) is 0 Å². The van der Waals surface area contributed by atoms with Gasteiger partial charge in [0.15, 0.2) is 0 Å². The Morgan fingerprint density at radius 1 is 1.26 bits per heavy atom. The van der Waals surface area contributed by atoms with Crippen molar-refractivity contribution >= 4 is 70.4 Å². The van der Waals surface area contributed by atoms with Crippen molar-refractivity contribution in [1.82, 2.24) is 0 Å². The Morgan fingerprint density at radius 2 is 2.04 bits per heavy atom. The van der Waals surface area contributed by atoms with Gasteiger partial charge in [-0.3, -0.25) is 0 Å². The summed E-state index contributed by atoms with van der Waals surface area (Å²) in [5, 5.41) is 5.11. The normalized spacial score (nSPS) is 23.5. The van der Waals surface area contributed by atoms with E-state index in [9.17, 15) is 0 Å². The minimum Gasteiger partial charge on any atom is -0.178 e. The van der Waals surface area contributed by atoms with Gasteiger partial charge in [0.2, 0.25) is 0 Å². The summed E-state index contributed by atoms with van der Waals surface area (Å²) in [4.78, 5) is 2.94. The van der Waals surface area contributed by atoms with E-state index >= 15 is 0 Å². The van der Waals surface area contributed by atoms with Crippen LogP contribution in [0.15, 0.2) is 32.8 Å². The van der Waals surface area contributed by atoms with E-state index in [1.165, 1.54) is 22.7 Å². The zero-order valence-electron chi connectivity index (χ0n) is 14.2. The monoisotopic (exact) mass is 424 g/mol. The molecule has 1 rings (SSSR count). The number of thiol groups is 2. The first-order valence-corrected chi connectivity index (χ1v) is 13.3. The van der Waals surface area contributed by atoms with Crippen LogP contribution in [-0.2, 0) is 0 Å². The molecule has 23 heavy (non-hydrogen) atoms. The molecule has 0 amide bonds. The van der Waals surface area contributed by atoms with E-state index in [-0.39, 0.29) is 4.08 Å². The van der Waals surface area contributed by atoms with Crippen molar-refractivity contribution in [2.75, 3.05) is 5.75 Å². The number of hydrogen-bond acceptors (Lipinski definition) is 6. The summed E-state index contributed by atoms with van der Waals surface area (Å²) in [7, 11) is 1.63. The molecule has 0 heterocycles. The van der Waals surface area contributed by atoms with E-state index in [0.717, 1.165) is 25.0 Å². The summed E-state index contributed by atoms with van der Waals surface area (Å²) in [5.74, 6) is 0.914. The number of unbranched alkanes of at least 4 members (excludes halogenated alkanes) is 1. The molecule has 2 atom stereocenters. The van der Waals surface area contributed by atoms with E-state index in [1.54, 1.807) is 10.8 Å². The first-order valence-electron chi connectivity index (χ1n) is 8.11. The lowest BCUT2D eigenvalue weighted by Gasteiger charge is -2.32. The molecule has 132 valence electrons. The Labute approximate surface area is 170 Å². The van der Waals surface area contributed by atoms with E-state index in [1.807, 2.05) is 23.5 Å². The maximum Gasteiger partial charge on any atom is 0.0976 e. The van der Waals surface area contributed by atoms with Crippen molar-refractivity contribution in [3.63, 3.8) is 0 Å². The molecule has 0 saturated heterocycles. The third-order valence-corrected chi connectivity index (χ3v) is 10.1. The van der Waals surface area contributed by atoms with E-state index < -0.39 is 0 Å². The summed E-state index contributed by atoms with van der Waals surface area (Å²) in [5.41, 5.74) is 0. The van der Waals surface area contributed by atoms with Crippen LogP contribution in [0.4, 0.5) is 0 Å². The summed E-state index contributed by atoms with van der Waals surface area (Å²) in [6, 6.07) is 0. The van der Waals surface area contributed by atoms with Crippen LogP contribution >= 0.6 is 70.4 Å².